The fourth-order valence-corrected chi connectivity index (χ4v) is 2.31. The third kappa shape index (κ3) is 4.89. The average molecular weight is 329 g/mol. The molecular weight excluding hydrogens is 309 g/mol. The third-order valence-electron chi connectivity index (χ3n) is 3.56. The lowest BCUT2D eigenvalue weighted by Gasteiger charge is -2.18. The molecule has 0 heterocycles. The maximum Gasteiger partial charge on any atom is 0.321 e. The molecule has 0 bridgehead atoms. The summed E-state index contributed by atoms with van der Waals surface area (Å²) in [5.41, 5.74) is 1.30. The first-order valence-corrected chi connectivity index (χ1v) is 7.66. The molecule has 5 nitrogen and oxygen atoms in total. The molecule has 0 aliphatic carbocycles. The van der Waals surface area contributed by atoms with Gasteiger partial charge in [-0.15, -0.1) is 0 Å². The van der Waals surface area contributed by atoms with Gasteiger partial charge in [0, 0.05) is 13.6 Å². The zero-order valence-electron chi connectivity index (χ0n) is 13.4. The Morgan fingerprint density at radius 1 is 1.04 bits per heavy atom. The summed E-state index contributed by atoms with van der Waals surface area (Å²) in [5.74, 6) is -0.737. The van der Waals surface area contributed by atoms with Crippen LogP contribution in [0.5, 0.6) is 0 Å². The predicted molar refractivity (Wildman–Crippen MR) is 89.9 cm³/mol. The van der Waals surface area contributed by atoms with E-state index < -0.39 is 18.0 Å². The Kier molecular flexibility index (Phi) is 6.45. The van der Waals surface area contributed by atoms with Gasteiger partial charge in [0.25, 0.3) is 0 Å². The number of urea groups is 1. The Morgan fingerprint density at radius 2 is 1.71 bits per heavy atom. The summed E-state index contributed by atoms with van der Waals surface area (Å²) in [5, 5.41) is 7.69. The summed E-state index contributed by atoms with van der Waals surface area (Å²) in [7, 11) is 1.44. The van der Waals surface area contributed by atoms with Gasteiger partial charge in [-0.3, -0.25) is 10.1 Å². The van der Waals surface area contributed by atoms with Crippen LogP contribution in [0.3, 0.4) is 0 Å². The van der Waals surface area contributed by atoms with E-state index >= 15 is 0 Å². The molecule has 0 aromatic heterocycles. The van der Waals surface area contributed by atoms with E-state index in [-0.39, 0.29) is 5.82 Å². The van der Waals surface area contributed by atoms with Crippen LogP contribution in [0.1, 0.15) is 17.2 Å². The molecule has 24 heavy (non-hydrogen) atoms. The van der Waals surface area contributed by atoms with E-state index in [0.29, 0.717) is 18.5 Å². The minimum Gasteiger partial charge on any atom is -0.341 e. The second kappa shape index (κ2) is 8.79. The second-order valence-corrected chi connectivity index (χ2v) is 5.21. The first-order valence-electron chi connectivity index (χ1n) is 7.66. The number of benzene rings is 2. The van der Waals surface area contributed by atoms with E-state index in [4.69, 9.17) is 0 Å². The summed E-state index contributed by atoms with van der Waals surface area (Å²) in [4.78, 5) is 23.7. The fourth-order valence-electron chi connectivity index (χ4n) is 2.31. The lowest BCUT2D eigenvalue weighted by Crippen LogP contribution is -2.44. The van der Waals surface area contributed by atoms with Gasteiger partial charge in [-0.25, -0.2) is 9.18 Å². The lowest BCUT2D eigenvalue weighted by atomic mass is 10.1. The Morgan fingerprint density at radius 3 is 2.38 bits per heavy atom. The highest BCUT2D eigenvalue weighted by Gasteiger charge is 2.21. The molecule has 6 heteroatoms. The first kappa shape index (κ1) is 17.6. The summed E-state index contributed by atoms with van der Waals surface area (Å²) in [6.07, 6.45) is 0.434. The number of imide groups is 1. The monoisotopic (exact) mass is 329 g/mol. The van der Waals surface area contributed by atoms with Gasteiger partial charge < -0.3 is 10.6 Å². The number of hydrogen-bond donors (Lipinski definition) is 3. The zero-order chi connectivity index (χ0) is 17.4. The standard InChI is InChI=1S/C18H20FN3O2/c1-20-18(24)22-17(23)16(14-8-3-2-4-9-14)21-12-11-13-7-5-6-10-15(13)19/h2-10,16,21H,11-12H2,1H3,(H2,20,22,23,24)/t16-/m1/s1. The summed E-state index contributed by atoms with van der Waals surface area (Å²) in [6.45, 7) is 0.391. The second-order valence-electron chi connectivity index (χ2n) is 5.21. The van der Waals surface area contributed by atoms with E-state index in [1.165, 1.54) is 13.1 Å². The number of carbonyl (C=O) groups is 2. The molecule has 2 aromatic rings. The van der Waals surface area contributed by atoms with Crippen LogP contribution in [0.2, 0.25) is 0 Å². The highest BCUT2D eigenvalue weighted by atomic mass is 19.1. The molecule has 2 rings (SSSR count). The van der Waals surface area contributed by atoms with Crippen LogP contribution in [-0.2, 0) is 11.2 Å². The van der Waals surface area contributed by atoms with Gasteiger partial charge in [-0.05, 0) is 23.6 Å². The Labute approximate surface area is 140 Å². The molecule has 2 aromatic carbocycles. The van der Waals surface area contributed by atoms with Gasteiger partial charge in [0.2, 0.25) is 5.91 Å². The number of halogens is 1. The minimum atomic E-state index is -0.699. The van der Waals surface area contributed by atoms with Crippen molar-refractivity contribution in [3.63, 3.8) is 0 Å². The van der Waals surface area contributed by atoms with Gasteiger partial charge in [-0.1, -0.05) is 48.5 Å². The van der Waals surface area contributed by atoms with Crippen molar-refractivity contribution >= 4 is 11.9 Å². The van der Waals surface area contributed by atoms with E-state index in [1.54, 1.807) is 30.3 Å². The smallest absolute Gasteiger partial charge is 0.321 e. The highest BCUT2D eigenvalue weighted by molar-refractivity contribution is 5.97. The maximum absolute atomic E-state index is 13.7. The Balaban J connectivity index is 2.05. The van der Waals surface area contributed by atoms with E-state index in [9.17, 15) is 14.0 Å². The Hall–Kier alpha value is -2.73. The molecule has 1 atom stereocenters. The number of carbonyl (C=O) groups excluding carboxylic acids is 2. The first-order chi connectivity index (χ1) is 11.6. The van der Waals surface area contributed by atoms with Crippen LogP contribution in [-0.4, -0.2) is 25.5 Å². The van der Waals surface area contributed by atoms with E-state index in [2.05, 4.69) is 16.0 Å². The number of nitrogens with one attached hydrogen (secondary N) is 3. The molecule has 0 fully saturated rings. The molecule has 126 valence electrons. The van der Waals surface area contributed by atoms with Gasteiger partial charge in [-0.2, -0.15) is 0 Å². The largest absolute Gasteiger partial charge is 0.341 e. The van der Waals surface area contributed by atoms with E-state index in [1.807, 2.05) is 18.2 Å². The van der Waals surface area contributed by atoms with Crippen molar-refractivity contribution in [2.24, 2.45) is 0 Å². The van der Waals surface area contributed by atoms with E-state index in [0.717, 1.165) is 5.56 Å². The molecule has 0 saturated carbocycles. The molecule has 0 aliphatic heterocycles. The number of hydrogen-bond acceptors (Lipinski definition) is 3. The van der Waals surface area contributed by atoms with Crippen molar-refractivity contribution in [2.45, 2.75) is 12.5 Å². The molecular formula is C18H20FN3O2. The van der Waals surface area contributed by atoms with Crippen molar-refractivity contribution in [3.8, 4) is 0 Å². The fraction of sp³-hybridized carbons (Fsp3) is 0.222. The van der Waals surface area contributed by atoms with Gasteiger partial charge in [0.05, 0.1) is 0 Å². The normalized spacial score (nSPS) is 11.6. The third-order valence-corrected chi connectivity index (χ3v) is 3.56. The van der Waals surface area contributed by atoms with Crippen LogP contribution >= 0.6 is 0 Å². The lowest BCUT2D eigenvalue weighted by molar-refractivity contribution is -0.122. The van der Waals surface area contributed by atoms with Crippen molar-refractivity contribution in [1.82, 2.24) is 16.0 Å². The molecule has 0 unspecified atom stereocenters. The highest BCUT2D eigenvalue weighted by Crippen LogP contribution is 2.13. The quantitative estimate of drug-likeness (QED) is 0.760. The molecule has 0 aliphatic rings. The molecule has 0 spiro atoms. The van der Waals surface area contributed by atoms with Gasteiger partial charge in [0.1, 0.15) is 11.9 Å². The predicted octanol–water partition coefficient (Wildman–Crippen LogP) is 2.15. The van der Waals surface area contributed by atoms with Crippen molar-refractivity contribution < 1.29 is 14.0 Å². The van der Waals surface area contributed by atoms with Crippen LogP contribution in [0.25, 0.3) is 0 Å². The van der Waals surface area contributed by atoms with Gasteiger partial charge >= 0.3 is 6.03 Å². The summed E-state index contributed by atoms with van der Waals surface area (Å²) < 4.78 is 13.7. The summed E-state index contributed by atoms with van der Waals surface area (Å²) >= 11 is 0. The van der Waals surface area contributed by atoms with Crippen molar-refractivity contribution in [3.05, 3.63) is 71.5 Å². The molecule has 0 radical (unpaired) electrons. The van der Waals surface area contributed by atoms with Crippen LogP contribution < -0.4 is 16.0 Å². The van der Waals surface area contributed by atoms with Crippen LogP contribution in [0.15, 0.2) is 54.6 Å². The molecule has 3 N–H and O–H groups in total. The van der Waals surface area contributed by atoms with Crippen LogP contribution in [0, 0.1) is 5.82 Å². The number of amides is 3. The van der Waals surface area contributed by atoms with Crippen molar-refractivity contribution in [1.29, 1.82) is 0 Å². The molecule has 0 saturated heterocycles. The minimum absolute atomic E-state index is 0.273. The van der Waals surface area contributed by atoms with Gasteiger partial charge in [0.15, 0.2) is 0 Å². The topological polar surface area (TPSA) is 70.2 Å². The molecule has 3 amide bonds. The maximum atomic E-state index is 13.7. The number of rotatable bonds is 6. The average Bonchev–Trinajstić information content (AvgIpc) is 2.60. The Bertz CT molecular complexity index is 692. The summed E-state index contributed by atoms with van der Waals surface area (Å²) in [6, 6.07) is 14.3. The van der Waals surface area contributed by atoms with Crippen molar-refractivity contribution in [2.75, 3.05) is 13.6 Å². The van der Waals surface area contributed by atoms with Crippen LogP contribution in [0.4, 0.5) is 9.18 Å². The zero-order valence-corrected chi connectivity index (χ0v) is 13.4. The SMILES string of the molecule is CNC(=O)NC(=O)[C@H](NCCc1ccccc1F)c1ccccc1.